The number of amides is 1. The van der Waals surface area contributed by atoms with Crippen LogP contribution in [-0.4, -0.2) is 23.4 Å². The summed E-state index contributed by atoms with van der Waals surface area (Å²) in [6.07, 6.45) is 0. The largest absolute Gasteiger partial charge is 0.334 e. The molecule has 0 saturated carbocycles. The summed E-state index contributed by atoms with van der Waals surface area (Å²) in [6.45, 7) is 6.84. The molecule has 0 aliphatic carbocycles. The van der Waals surface area contributed by atoms with Gasteiger partial charge in [-0.1, -0.05) is 0 Å². The first kappa shape index (κ1) is 15.4. The lowest BCUT2D eigenvalue weighted by Gasteiger charge is -2.25. The van der Waals surface area contributed by atoms with Crippen LogP contribution in [0.5, 0.6) is 0 Å². The Bertz CT molecular complexity index is 338. The quantitative estimate of drug-likeness (QED) is 0.904. The molecule has 16 heavy (non-hydrogen) atoms. The van der Waals surface area contributed by atoms with Crippen LogP contribution in [0.3, 0.4) is 0 Å². The van der Waals surface area contributed by atoms with E-state index in [1.165, 1.54) is 9.75 Å². The highest BCUT2D eigenvalue weighted by atomic mass is 35.5. The van der Waals surface area contributed by atoms with Gasteiger partial charge in [0.05, 0.1) is 13.1 Å². The van der Waals surface area contributed by atoms with Gasteiger partial charge in [-0.05, 0) is 32.9 Å². The van der Waals surface area contributed by atoms with Crippen molar-refractivity contribution in [2.24, 2.45) is 5.73 Å². The number of rotatable bonds is 4. The van der Waals surface area contributed by atoms with Crippen LogP contribution < -0.4 is 5.73 Å². The molecule has 0 saturated heterocycles. The number of carbonyl (C=O) groups excluding carboxylic acids is 1. The number of carbonyl (C=O) groups is 1. The average Bonchev–Trinajstić information content (AvgIpc) is 2.59. The van der Waals surface area contributed by atoms with Gasteiger partial charge in [-0.2, -0.15) is 0 Å². The van der Waals surface area contributed by atoms with Gasteiger partial charge in [-0.25, -0.2) is 0 Å². The summed E-state index contributed by atoms with van der Waals surface area (Å²) in [5.41, 5.74) is 5.38. The minimum atomic E-state index is 0. The van der Waals surface area contributed by atoms with Gasteiger partial charge in [0, 0.05) is 15.8 Å². The van der Waals surface area contributed by atoms with Crippen LogP contribution in [0.15, 0.2) is 12.1 Å². The molecule has 0 aliphatic heterocycles. The fourth-order valence-electron chi connectivity index (χ4n) is 1.41. The lowest BCUT2D eigenvalue weighted by Crippen LogP contribution is -2.40. The Kier molecular flexibility index (Phi) is 6.64. The molecule has 92 valence electrons. The van der Waals surface area contributed by atoms with E-state index in [4.69, 9.17) is 5.73 Å². The third-order valence-electron chi connectivity index (χ3n) is 2.24. The minimum Gasteiger partial charge on any atom is -0.334 e. The summed E-state index contributed by atoms with van der Waals surface area (Å²) < 4.78 is 0. The number of hydrogen-bond acceptors (Lipinski definition) is 3. The molecule has 0 atom stereocenters. The van der Waals surface area contributed by atoms with Crippen molar-refractivity contribution in [1.29, 1.82) is 0 Å². The Morgan fingerprint density at radius 3 is 2.50 bits per heavy atom. The van der Waals surface area contributed by atoms with E-state index in [1.807, 2.05) is 18.7 Å². The molecule has 3 nitrogen and oxygen atoms in total. The van der Waals surface area contributed by atoms with Crippen LogP contribution in [0.4, 0.5) is 0 Å². The van der Waals surface area contributed by atoms with E-state index in [9.17, 15) is 4.79 Å². The zero-order valence-corrected chi connectivity index (χ0v) is 11.5. The Labute approximate surface area is 107 Å². The van der Waals surface area contributed by atoms with E-state index >= 15 is 0 Å². The standard InChI is InChI=1S/C11H18N2OS.ClH/c1-8(2)13(11(14)6-12)7-10-5-4-9(3)15-10;/h4-5,8H,6-7,12H2,1-3H3;1H. The number of nitrogens with zero attached hydrogens (tertiary/aromatic N) is 1. The van der Waals surface area contributed by atoms with Crippen molar-refractivity contribution < 1.29 is 4.79 Å². The van der Waals surface area contributed by atoms with Crippen molar-refractivity contribution in [3.05, 3.63) is 21.9 Å². The third kappa shape index (κ3) is 4.12. The van der Waals surface area contributed by atoms with Gasteiger partial charge in [0.25, 0.3) is 0 Å². The van der Waals surface area contributed by atoms with Gasteiger partial charge in [0.15, 0.2) is 0 Å². The summed E-state index contributed by atoms with van der Waals surface area (Å²) >= 11 is 1.73. The molecule has 2 N–H and O–H groups in total. The van der Waals surface area contributed by atoms with Gasteiger partial charge >= 0.3 is 0 Å². The molecule has 1 heterocycles. The highest BCUT2D eigenvalue weighted by Crippen LogP contribution is 2.18. The smallest absolute Gasteiger partial charge is 0.236 e. The summed E-state index contributed by atoms with van der Waals surface area (Å²) in [7, 11) is 0. The van der Waals surface area contributed by atoms with Crippen molar-refractivity contribution in [3.8, 4) is 0 Å². The van der Waals surface area contributed by atoms with Crippen LogP contribution in [0.1, 0.15) is 23.6 Å². The van der Waals surface area contributed by atoms with Crippen molar-refractivity contribution in [3.63, 3.8) is 0 Å². The SMILES string of the molecule is Cc1ccc(CN(C(=O)CN)C(C)C)s1.Cl. The van der Waals surface area contributed by atoms with Crippen LogP contribution in [0.2, 0.25) is 0 Å². The highest BCUT2D eigenvalue weighted by molar-refractivity contribution is 7.11. The Morgan fingerprint density at radius 2 is 2.12 bits per heavy atom. The fraction of sp³-hybridized carbons (Fsp3) is 0.545. The van der Waals surface area contributed by atoms with E-state index in [2.05, 4.69) is 19.1 Å². The van der Waals surface area contributed by atoms with Crippen LogP contribution >= 0.6 is 23.7 Å². The number of nitrogens with two attached hydrogens (primary N) is 1. The minimum absolute atomic E-state index is 0. The molecule has 0 bridgehead atoms. The topological polar surface area (TPSA) is 46.3 Å². The van der Waals surface area contributed by atoms with E-state index < -0.39 is 0 Å². The lowest BCUT2D eigenvalue weighted by atomic mass is 10.3. The third-order valence-corrected chi connectivity index (χ3v) is 3.23. The Hall–Kier alpha value is -0.580. The first-order chi connectivity index (χ1) is 7.04. The maximum absolute atomic E-state index is 11.6. The van der Waals surface area contributed by atoms with Crippen molar-refractivity contribution >= 4 is 29.7 Å². The maximum Gasteiger partial charge on any atom is 0.236 e. The number of aryl methyl sites for hydroxylation is 1. The van der Waals surface area contributed by atoms with Gasteiger partial charge in [-0.15, -0.1) is 23.7 Å². The molecule has 1 rings (SSSR count). The van der Waals surface area contributed by atoms with Crippen LogP contribution in [0, 0.1) is 6.92 Å². The zero-order chi connectivity index (χ0) is 11.4. The van der Waals surface area contributed by atoms with E-state index in [0.29, 0.717) is 6.54 Å². The summed E-state index contributed by atoms with van der Waals surface area (Å²) in [5, 5.41) is 0. The molecule has 0 aliphatic rings. The molecule has 0 aromatic carbocycles. The number of thiophene rings is 1. The van der Waals surface area contributed by atoms with Crippen LogP contribution in [0.25, 0.3) is 0 Å². The summed E-state index contributed by atoms with van der Waals surface area (Å²) in [6, 6.07) is 4.34. The predicted octanol–water partition coefficient (Wildman–Crippen LogP) is 2.17. The van der Waals surface area contributed by atoms with E-state index in [0.717, 1.165) is 0 Å². The first-order valence-corrected chi connectivity index (χ1v) is 5.91. The van der Waals surface area contributed by atoms with Crippen molar-refractivity contribution in [2.75, 3.05) is 6.54 Å². The molecule has 0 unspecified atom stereocenters. The average molecular weight is 263 g/mol. The molecule has 1 aromatic rings. The van der Waals surface area contributed by atoms with Crippen LogP contribution in [-0.2, 0) is 11.3 Å². The molecule has 0 fully saturated rings. The number of hydrogen-bond donors (Lipinski definition) is 1. The molecular formula is C11H19ClN2OS. The van der Waals surface area contributed by atoms with E-state index in [-0.39, 0.29) is 30.9 Å². The molecule has 0 spiro atoms. The second-order valence-corrected chi connectivity index (χ2v) is 5.20. The first-order valence-electron chi connectivity index (χ1n) is 5.09. The highest BCUT2D eigenvalue weighted by Gasteiger charge is 2.16. The van der Waals surface area contributed by atoms with Gasteiger partial charge < -0.3 is 10.6 Å². The molecule has 1 amide bonds. The summed E-state index contributed by atoms with van der Waals surface area (Å²) in [5.74, 6) is 0.0102. The zero-order valence-electron chi connectivity index (χ0n) is 9.90. The predicted molar refractivity (Wildman–Crippen MR) is 71.0 cm³/mol. The van der Waals surface area contributed by atoms with Crippen molar-refractivity contribution in [1.82, 2.24) is 4.90 Å². The van der Waals surface area contributed by atoms with E-state index in [1.54, 1.807) is 11.3 Å². The Morgan fingerprint density at radius 1 is 1.50 bits per heavy atom. The van der Waals surface area contributed by atoms with Gasteiger partial charge in [0.2, 0.25) is 5.91 Å². The monoisotopic (exact) mass is 262 g/mol. The Balaban J connectivity index is 0.00000225. The maximum atomic E-state index is 11.6. The molecular weight excluding hydrogens is 244 g/mol. The molecule has 0 radical (unpaired) electrons. The second-order valence-electron chi connectivity index (χ2n) is 3.83. The lowest BCUT2D eigenvalue weighted by molar-refractivity contribution is -0.131. The molecule has 5 heteroatoms. The van der Waals surface area contributed by atoms with Gasteiger partial charge in [0.1, 0.15) is 0 Å². The molecule has 1 aromatic heterocycles. The second kappa shape index (κ2) is 6.89. The normalized spacial score (nSPS) is 10.1. The summed E-state index contributed by atoms with van der Waals surface area (Å²) in [4.78, 5) is 15.9. The van der Waals surface area contributed by atoms with Gasteiger partial charge in [-0.3, -0.25) is 4.79 Å². The number of halogens is 1. The van der Waals surface area contributed by atoms with Crippen molar-refractivity contribution in [2.45, 2.75) is 33.4 Å². The fourth-order valence-corrected chi connectivity index (χ4v) is 2.30.